The van der Waals surface area contributed by atoms with E-state index in [4.69, 9.17) is 16.3 Å². The quantitative estimate of drug-likeness (QED) is 0.368. The van der Waals surface area contributed by atoms with Crippen LogP contribution in [-0.2, 0) is 16.2 Å². The molecule has 7 heteroatoms. The van der Waals surface area contributed by atoms with E-state index in [0.29, 0.717) is 17.3 Å². The lowest BCUT2D eigenvalue weighted by Crippen LogP contribution is -2.32. The van der Waals surface area contributed by atoms with Crippen LogP contribution in [0.3, 0.4) is 0 Å². The third-order valence-electron chi connectivity index (χ3n) is 3.80. The minimum Gasteiger partial charge on any atom is -0.489 e. The van der Waals surface area contributed by atoms with E-state index in [-0.39, 0.29) is 0 Å². The fourth-order valence-corrected chi connectivity index (χ4v) is 2.55. The third kappa shape index (κ3) is 6.48. The van der Waals surface area contributed by atoms with Crippen molar-refractivity contribution >= 4 is 35.3 Å². The van der Waals surface area contributed by atoms with Gasteiger partial charge in [-0.2, -0.15) is 5.10 Å². The summed E-state index contributed by atoms with van der Waals surface area (Å²) in [7, 11) is 0. The molecule has 0 aliphatic carbocycles. The SMILES string of the molecule is O=C(NN=Cc1ccc(OCc2ccccc2)cc1)C(=O)Nc1cccc(Cl)c1. The first-order valence-electron chi connectivity index (χ1n) is 8.77. The van der Waals surface area contributed by atoms with Crippen molar-refractivity contribution in [3.8, 4) is 5.75 Å². The molecule has 0 atom stereocenters. The zero-order chi connectivity index (χ0) is 20.5. The van der Waals surface area contributed by atoms with Crippen LogP contribution in [0.2, 0.25) is 5.02 Å². The molecule has 3 aromatic rings. The Morgan fingerprint density at radius 3 is 2.41 bits per heavy atom. The van der Waals surface area contributed by atoms with Crippen LogP contribution >= 0.6 is 11.6 Å². The van der Waals surface area contributed by atoms with E-state index in [2.05, 4.69) is 15.8 Å². The van der Waals surface area contributed by atoms with Gasteiger partial charge in [0.1, 0.15) is 12.4 Å². The van der Waals surface area contributed by atoms with Gasteiger partial charge in [-0.15, -0.1) is 0 Å². The molecule has 0 aliphatic heterocycles. The number of halogens is 1. The van der Waals surface area contributed by atoms with Crippen molar-refractivity contribution in [2.24, 2.45) is 5.10 Å². The number of nitrogens with zero attached hydrogens (tertiary/aromatic N) is 1. The lowest BCUT2D eigenvalue weighted by Gasteiger charge is -2.06. The number of hydrazone groups is 1. The molecule has 0 aliphatic rings. The Morgan fingerprint density at radius 1 is 0.931 bits per heavy atom. The van der Waals surface area contributed by atoms with Crippen LogP contribution in [0.5, 0.6) is 5.75 Å². The minimum atomic E-state index is -0.885. The monoisotopic (exact) mass is 407 g/mol. The maximum Gasteiger partial charge on any atom is 0.329 e. The molecule has 0 radical (unpaired) electrons. The average molecular weight is 408 g/mol. The van der Waals surface area contributed by atoms with Gasteiger partial charge in [-0.3, -0.25) is 9.59 Å². The van der Waals surface area contributed by atoms with Crippen LogP contribution in [0.4, 0.5) is 5.69 Å². The summed E-state index contributed by atoms with van der Waals surface area (Å²) in [5.74, 6) is -1.01. The lowest BCUT2D eigenvalue weighted by atomic mass is 10.2. The van der Waals surface area contributed by atoms with Gasteiger partial charge in [0.25, 0.3) is 0 Å². The number of benzene rings is 3. The third-order valence-corrected chi connectivity index (χ3v) is 4.03. The van der Waals surface area contributed by atoms with E-state index in [1.807, 2.05) is 30.3 Å². The summed E-state index contributed by atoms with van der Waals surface area (Å²) < 4.78 is 5.71. The number of anilines is 1. The van der Waals surface area contributed by atoms with Crippen LogP contribution < -0.4 is 15.5 Å². The summed E-state index contributed by atoms with van der Waals surface area (Å²) >= 11 is 5.84. The van der Waals surface area contributed by atoms with Crippen molar-refractivity contribution in [3.05, 3.63) is 95.0 Å². The maximum atomic E-state index is 11.8. The molecule has 0 fully saturated rings. The second kappa shape index (κ2) is 10.1. The predicted molar refractivity (Wildman–Crippen MR) is 113 cm³/mol. The van der Waals surface area contributed by atoms with E-state index in [9.17, 15) is 9.59 Å². The first-order valence-corrected chi connectivity index (χ1v) is 9.15. The van der Waals surface area contributed by atoms with Crippen molar-refractivity contribution in [2.75, 3.05) is 5.32 Å². The van der Waals surface area contributed by atoms with Gasteiger partial charge in [0.2, 0.25) is 0 Å². The van der Waals surface area contributed by atoms with Crippen LogP contribution in [0.15, 0.2) is 84.0 Å². The van der Waals surface area contributed by atoms with Gasteiger partial charge >= 0.3 is 11.8 Å². The zero-order valence-electron chi connectivity index (χ0n) is 15.3. The second-order valence-electron chi connectivity index (χ2n) is 6.01. The van der Waals surface area contributed by atoms with Crippen LogP contribution in [-0.4, -0.2) is 18.0 Å². The summed E-state index contributed by atoms with van der Waals surface area (Å²) in [6.07, 6.45) is 1.44. The second-order valence-corrected chi connectivity index (χ2v) is 6.44. The fraction of sp³-hybridized carbons (Fsp3) is 0.0455. The molecule has 29 heavy (non-hydrogen) atoms. The Bertz CT molecular complexity index is 1010. The Labute approximate surface area is 173 Å². The van der Waals surface area contributed by atoms with Gasteiger partial charge < -0.3 is 10.1 Å². The van der Waals surface area contributed by atoms with Gasteiger partial charge in [-0.05, 0) is 53.6 Å². The highest BCUT2D eigenvalue weighted by molar-refractivity contribution is 6.39. The highest BCUT2D eigenvalue weighted by Crippen LogP contribution is 2.15. The Balaban J connectivity index is 1.47. The van der Waals surface area contributed by atoms with Gasteiger partial charge in [-0.1, -0.05) is 48.0 Å². The van der Waals surface area contributed by atoms with Gasteiger partial charge in [0, 0.05) is 10.7 Å². The van der Waals surface area contributed by atoms with Crippen molar-refractivity contribution in [1.29, 1.82) is 0 Å². The van der Waals surface area contributed by atoms with E-state index in [1.54, 1.807) is 42.5 Å². The highest BCUT2D eigenvalue weighted by Gasteiger charge is 2.12. The summed E-state index contributed by atoms with van der Waals surface area (Å²) in [5, 5.41) is 6.69. The maximum absolute atomic E-state index is 11.8. The molecule has 3 aromatic carbocycles. The predicted octanol–water partition coefficient (Wildman–Crippen LogP) is 4.01. The van der Waals surface area contributed by atoms with E-state index in [1.165, 1.54) is 12.3 Å². The molecule has 2 N–H and O–H groups in total. The first kappa shape index (κ1) is 20.1. The van der Waals surface area contributed by atoms with Crippen LogP contribution in [0.25, 0.3) is 0 Å². The topological polar surface area (TPSA) is 79.8 Å². The van der Waals surface area contributed by atoms with Crippen molar-refractivity contribution < 1.29 is 14.3 Å². The number of amides is 2. The first-order chi connectivity index (χ1) is 14.1. The molecule has 2 amide bonds. The molecule has 0 bridgehead atoms. The molecule has 0 saturated carbocycles. The smallest absolute Gasteiger partial charge is 0.329 e. The average Bonchev–Trinajstić information content (AvgIpc) is 2.74. The van der Waals surface area contributed by atoms with E-state index in [0.717, 1.165) is 16.9 Å². The number of carbonyl (C=O) groups excluding carboxylic acids is 2. The molecule has 6 nitrogen and oxygen atoms in total. The summed E-state index contributed by atoms with van der Waals surface area (Å²) in [6, 6.07) is 23.6. The summed E-state index contributed by atoms with van der Waals surface area (Å²) in [5.41, 5.74) is 4.43. The van der Waals surface area contributed by atoms with Crippen molar-refractivity contribution in [3.63, 3.8) is 0 Å². The Morgan fingerprint density at radius 2 is 1.69 bits per heavy atom. The van der Waals surface area contributed by atoms with E-state index < -0.39 is 11.8 Å². The standard InChI is InChI=1S/C22H18ClN3O3/c23-18-7-4-8-19(13-18)25-21(27)22(28)26-24-14-16-9-11-20(12-10-16)29-15-17-5-2-1-3-6-17/h1-14H,15H2,(H,25,27)(H,26,28). The largest absolute Gasteiger partial charge is 0.489 e. The molecule has 0 saturated heterocycles. The van der Waals surface area contributed by atoms with Crippen molar-refractivity contribution in [2.45, 2.75) is 6.61 Å². The molecule has 0 aromatic heterocycles. The molecular formula is C22H18ClN3O3. The van der Waals surface area contributed by atoms with Crippen LogP contribution in [0, 0.1) is 0 Å². The zero-order valence-corrected chi connectivity index (χ0v) is 16.1. The molecule has 0 spiro atoms. The van der Waals surface area contributed by atoms with E-state index >= 15 is 0 Å². The van der Waals surface area contributed by atoms with Crippen LogP contribution in [0.1, 0.15) is 11.1 Å². The van der Waals surface area contributed by atoms with Crippen molar-refractivity contribution in [1.82, 2.24) is 5.43 Å². The lowest BCUT2D eigenvalue weighted by molar-refractivity contribution is -0.136. The Kier molecular flexibility index (Phi) is 6.97. The summed E-state index contributed by atoms with van der Waals surface area (Å²) in [4.78, 5) is 23.6. The number of ether oxygens (including phenoxy) is 1. The van der Waals surface area contributed by atoms with Gasteiger partial charge in [0.05, 0.1) is 6.21 Å². The number of carbonyl (C=O) groups is 2. The summed E-state index contributed by atoms with van der Waals surface area (Å²) in [6.45, 7) is 0.478. The molecule has 3 rings (SSSR count). The van der Waals surface area contributed by atoms with Gasteiger partial charge in [-0.25, -0.2) is 5.43 Å². The molecule has 146 valence electrons. The number of hydrogen-bond acceptors (Lipinski definition) is 4. The molecular weight excluding hydrogens is 390 g/mol. The molecule has 0 heterocycles. The normalized spacial score (nSPS) is 10.5. The molecule has 0 unspecified atom stereocenters. The number of nitrogens with one attached hydrogen (secondary N) is 2. The van der Waals surface area contributed by atoms with Gasteiger partial charge in [0.15, 0.2) is 0 Å². The fourth-order valence-electron chi connectivity index (χ4n) is 2.36. The number of rotatable bonds is 6. The number of hydrogen-bond donors (Lipinski definition) is 2. The highest BCUT2D eigenvalue weighted by atomic mass is 35.5. The Hall–Kier alpha value is -3.64. The minimum absolute atomic E-state index is 0.424.